The summed E-state index contributed by atoms with van der Waals surface area (Å²) in [5, 5.41) is 0. The van der Waals surface area contributed by atoms with Crippen LogP contribution in [-0.2, 0) is 28.6 Å². The molecule has 0 amide bonds. The largest absolute Gasteiger partial charge is 0.462 e. The second-order valence-electron chi connectivity index (χ2n) is 20.9. The molecule has 0 spiro atoms. The fourth-order valence-corrected chi connectivity index (χ4v) is 8.57. The standard InChI is InChI=1S/C73H118O6/c1-4-7-10-13-16-19-21-23-25-27-29-31-32-33-34-35-36-37-38-39-40-42-43-45-47-49-51-54-57-60-63-66-72(75)78-69-70(68-77-71(74)65-62-59-56-53-18-15-12-9-6-3)79-73(76)67-64-61-58-55-52-50-48-46-44-41-30-28-26-24-22-20-17-14-11-8-5-2/h7-8,10-11,16-17,19-20,23-26,29-31,33-34,36-37,39-41,43,45,70H,4-6,9,12-15,18,21-22,27-28,32,35,38,42,44,46-69H2,1-3H3/b10-7-,11-8-,19-16-,20-17-,25-23-,26-24-,31-29-,34-33-,37-36-,40-39-,41-30-,45-43-. The summed E-state index contributed by atoms with van der Waals surface area (Å²) in [6.45, 7) is 6.38. The molecule has 6 heteroatoms. The Bertz CT molecular complexity index is 1730. The van der Waals surface area contributed by atoms with Gasteiger partial charge in [0.2, 0.25) is 0 Å². The topological polar surface area (TPSA) is 78.9 Å². The molecule has 0 N–H and O–H groups in total. The summed E-state index contributed by atoms with van der Waals surface area (Å²) in [4.78, 5) is 38.2. The van der Waals surface area contributed by atoms with Gasteiger partial charge in [0, 0.05) is 19.3 Å². The van der Waals surface area contributed by atoms with Gasteiger partial charge in [0.05, 0.1) is 0 Å². The van der Waals surface area contributed by atoms with E-state index in [4.69, 9.17) is 14.2 Å². The van der Waals surface area contributed by atoms with Crippen molar-refractivity contribution in [2.75, 3.05) is 13.2 Å². The van der Waals surface area contributed by atoms with E-state index in [1.165, 1.54) is 83.5 Å². The number of carbonyl (C=O) groups is 3. The Morgan fingerprint density at radius 3 is 0.772 bits per heavy atom. The number of hydrogen-bond donors (Lipinski definition) is 0. The summed E-state index contributed by atoms with van der Waals surface area (Å²) >= 11 is 0. The SMILES string of the molecule is CC/C=C\C/C=C\C/C=C\C/C=C\C/C=C\C/C=C\C/C=C\C/C=C\CCCCCCCCC(=O)OCC(COC(=O)CCCCCCCCCCC)OC(=O)CCCCCCCCCC/C=C\C/C=C\C/C=C\C/C=C\CC. The van der Waals surface area contributed by atoms with Gasteiger partial charge in [-0.1, -0.05) is 282 Å². The van der Waals surface area contributed by atoms with Crippen LogP contribution in [0.2, 0.25) is 0 Å². The van der Waals surface area contributed by atoms with Crippen molar-refractivity contribution in [3.63, 3.8) is 0 Å². The van der Waals surface area contributed by atoms with Crippen molar-refractivity contribution < 1.29 is 28.6 Å². The second-order valence-corrected chi connectivity index (χ2v) is 20.9. The minimum Gasteiger partial charge on any atom is -0.462 e. The van der Waals surface area contributed by atoms with E-state index in [1.54, 1.807) is 0 Å². The monoisotopic (exact) mass is 1090 g/mol. The molecule has 1 atom stereocenters. The quantitative estimate of drug-likeness (QED) is 0.0261. The van der Waals surface area contributed by atoms with E-state index in [0.29, 0.717) is 19.3 Å². The number of rotatable bonds is 57. The lowest BCUT2D eigenvalue weighted by atomic mass is 10.1. The number of carbonyl (C=O) groups excluding carboxylic acids is 3. The van der Waals surface area contributed by atoms with Gasteiger partial charge in [-0.15, -0.1) is 0 Å². The molecule has 0 aromatic rings. The van der Waals surface area contributed by atoms with Crippen LogP contribution in [0.1, 0.15) is 278 Å². The Morgan fingerprint density at radius 2 is 0.494 bits per heavy atom. The summed E-state index contributed by atoms with van der Waals surface area (Å²) in [5.74, 6) is -0.915. The average molecular weight is 1090 g/mol. The Hall–Kier alpha value is -4.71. The normalized spacial score (nSPS) is 13.1. The van der Waals surface area contributed by atoms with Gasteiger partial charge in [-0.25, -0.2) is 0 Å². The minimum absolute atomic E-state index is 0.0888. The molecule has 0 fully saturated rings. The molecule has 0 aliphatic heterocycles. The molecule has 0 aliphatic rings. The molecule has 0 heterocycles. The van der Waals surface area contributed by atoms with E-state index in [0.717, 1.165) is 154 Å². The highest BCUT2D eigenvalue weighted by molar-refractivity contribution is 5.71. The first-order valence-corrected chi connectivity index (χ1v) is 32.3. The van der Waals surface area contributed by atoms with Gasteiger partial charge < -0.3 is 14.2 Å². The van der Waals surface area contributed by atoms with E-state index in [9.17, 15) is 14.4 Å². The Labute approximate surface area is 487 Å². The summed E-state index contributed by atoms with van der Waals surface area (Å²) in [6.07, 6.45) is 94.3. The Kier molecular flexibility index (Phi) is 61.9. The number of hydrogen-bond acceptors (Lipinski definition) is 6. The molecular formula is C73H118O6. The first-order valence-electron chi connectivity index (χ1n) is 32.3. The Balaban J connectivity index is 4.28. The third-order valence-corrected chi connectivity index (χ3v) is 13.3. The van der Waals surface area contributed by atoms with Gasteiger partial charge in [0.1, 0.15) is 13.2 Å². The zero-order chi connectivity index (χ0) is 57.1. The molecular weight excluding hydrogens is 973 g/mol. The van der Waals surface area contributed by atoms with Crippen LogP contribution in [0.3, 0.4) is 0 Å². The van der Waals surface area contributed by atoms with Gasteiger partial charge in [0.15, 0.2) is 6.10 Å². The lowest BCUT2D eigenvalue weighted by Crippen LogP contribution is -2.30. The summed E-state index contributed by atoms with van der Waals surface area (Å²) in [7, 11) is 0. The van der Waals surface area contributed by atoms with Crippen LogP contribution in [-0.4, -0.2) is 37.2 Å². The first-order chi connectivity index (χ1) is 39.0. The van der Waals surface area contributed by atoms with Crippen LogP contribution in [0.5, 0.6) is 0 Å². The van der Waals surface area contributed by atoms with E-state index in [-0.39, 0.29) is 31.1 Å². The van der Waals surface area contributed by atoms with Crippen molar-refractivity contribution in [2.45, 2.75) is 284 Å². The first kappa shape index (κ1) is 74.3. The number of allylic oxidation sites excluding steroid dienone is 24. The molecule has 0 saturated heterocycles. The second kappa shape index (κ2) is 65.8. The average Bonchev–Trinajstić information content (AvgIpc) is 3.45. The van der Waals surface area contributed by atoms with Crippen molar-refractivity contribution in [1.82, 2.24) is 0 Å². The van der Waals surface area contributed by atoms with Crippen molar-refractivity contribution in [3.8, 4) is 0 Å². The molecule has 446 valence electrons. The molecule has 79 heavy (non-hydrogen) atoms. The van der Waals surface area contributed by atoms with Crippen LogP contribution in [0.15, 0.2) is 146 Å². The smallest absolute Gasteiger partial charge is 0.306 e. The van der Waals surface area contributed by atoms with Crippen LogP contribution in [0.25, 0.3) is 0 Å². The molecule has 0 saturated carbocycles. The lowest BCUT2D eigenvalue weighted by Gasteiger charge is -2.18. The van der Waals surface area contributed by atoms with E-state index < -0.39 is 6.10 Å². The van der Waals surface area contributed by atoms with Crippen LogP contribution in [0.4, 0.5) is 0 Å². The van der Waals surface area contributed by atoms with E-state index in [2.05, 4.69) is 167 Å². The fraction of sp³-hybridized carbons (Fsp3) is 0.630. The number of ether oxygens (including phenoxy) is 3. The predicted octanol–water partition coefficient (Wildman–Crippen LogP) is 22.3. The van der Waals surface area contributed by atoms with Gasteiger partial charge in [-0.05, 0) is 122 Å². The van der Waals surface area contributed by atoms with Crippen molar-refractivity contribution >= 4 is 17.9 Å². The molecule has 0 rings (SSSR count). The highest BCUT2D eigenvalue weighted by atomic mass is 16.6. The van der Waals surface area contributed by atoms with Gasteiger partial charge >= 0.3 is 17.9 Å². The van der Waals surface area contributed by atoms with Gasteiger partial charge in [-0.2, -0.15) is 0 Å². The maximum atomic E-state index is 12.9. The number of esters is 3. The zero-order valence-electron chi connectivity index (χ0n) is 51.1. The highest BCUT2D eigenvalue weighted by Crippen LogP contribution is 2.15. The third kappa shape index (κ3) is 64.0. The summed E-state index contributed by atoms with van der Waals surface area (Å²) in [5.41, 5.74) is 0. The van der Waals surface area contributed by atoms with Crippen LogP contribution in [0, 0.1) is 0 Å². The molecule has 1 unspecified atom stereocenters. The van der Waals surface area contributed by atoms with E-state index >= 15 is 0 Å². The maximum Gasteiger partial charge on any atom is 0.306 e. The van der Waals surface area contributed by atoms with Crippen LogP contribution >= 0.6 is 0 Å². The highest BCUT2D eigenvalue weighted by Gasteiger charge is 2.19. The molecule has 6 nitrogen and oxygen atoms in total. The lowest BCUT2D eigenvalue weighted by molar-refractivity contribution is -0.167. The van der Waals surface area contributed by atoms with Gasteiger partial charge in [-0.3, -0.25) is 14.4 Å². The van der Waals surface area contributed by atoms with E-state index in [1.807, 2.05) is 0 Å². The molecule has 0 bridgehead atoms. The summed E-state index contributed by atoms with van der Waals surface area (Å²) < 4.78 is 16.9. The molecule has 0 aromatic carbocycles. The molecule has 0 aliphatic carbocycles. The summed E-state index contributed by atoms with van der Waals surface area (Å²) in [6, 6.07) is 0. The van der Waals surface area contributed by atoms with Crippen molar-refractivity contribution in [1.29, 1.82) is 0 Å². The third-order valence-electron chi connectivity index (χ3n) is 13.3. The molecule has 0 radical (unpaired) electrons. The Morgan fingerprint density at radius 1 is 0.266 bits per heavy atom. The van der Waals surface area contributed by atoms with Crippen molar-refractivity contribution in [2.24, 2.45) is 0 Å². The molecule has 0 aromatic heterocycles. The van der Waals surface area contributed by atoms with Crippen LogP contribution < -0.4 is 0 Å². The minimum atomic E-state index is -0.793. The van der Waals surface area contributed by atoms with Crippen molar-refractivity contribution in [3.05, 3.63) is 146 Å². The fourth-order valence-electron chi connectivity index (χ4n) is 8.57. The maximum absolute atomic E-state index is 12.9. The zero-order valence-corrected chi connectivity index (χ0v) is 51.1. The van der Waals surface area contributed by atoms with Gasteiger partial charge in [0.25, 0.3) is 0 Å². The predicted molar refractivity (Wildman–Crippen MR) is 343 cm³/mol. The number of unbranched alkanes of at least 4 members (excludes halogenated alkanes) is 22.